The lowest BCUT2D eigenvalue weighted by molar-refractivity contribution is 0.252. The number of piperidine rings is 1. The number of rotatable bonds is 4. The molecule has 1 saturated heterocycles. The Balaban J connectivity index is 1.76. The van der Waals surface area contributed by atoms with Crippen LogP contribution < -0.4 is 10.2 Å². The standard InChI is InChI=1S/C18H24ClN5/c1-13-12-17(24(3)16-8-10-23(2)11-9-16)22-18(20-13)21-15-6-4-14(19)5-7-15/h4-7,12,16H,8-11H2,1-3H3,(H,20,21,22). The van der Waals surface area contributed by atoms with Crippen LogP contribution in [0.15, 0.2) is 30.3 Å². The normalized spacial score (nSPS) is 16.2. The van der Waals surface area contributed by atoms with E-state index in [0.29, 0.717) is 17.0 Å². The number of anilines is 3. The smallest absolute Gasteiger partial charge is 0.229 e. The third kappa shape index (κ3) is 4.16. The topological polar surface area (TPSA) is 44.3 Å². The first-order valence-corrected chi connectivity index (χ1v) is 8.69. The molecule has 1 aromatic carbocycles. The predicted molar refractivity (Wildman–Crippen MR) is 100 cm³/mol. The molecule has 3 rings (SSSR count). The van der Waals surface area contributed by atoms with E-state index in [1.165, 1.54) is 0 Å². The molecule has 2 aromatic rings. The first-order valence-electron chi connectivity index (χ1n) is 8.31. The molecular weight excluding hydrogens is 322 g/mol. The van der Waals surface area contributed by atoms with E-state index in [4.69, 9.17) is 16.6 Å². The molecule has 0 radical (unpaired) electrons. The van der Waals surface area contributed by atoms with Crippen LogP contribution in [0.2, 0.25) is 5.02 Å². The number of halogens is 1. The highest BCUT2D eigenvalue weighted by molar-refractivity contribution is 6.30. The Bertz CT molecular complexity index is 680. The van der Waals surface area contributed by atoms with Crippen molar-refractivity contribution < 1.29 is 0 Å². The van der Waals surface area contributed by atoms with Gasteiger partial charge in [0, 0.05) is 35.6 Å². The van der Waals surface area contributed by atoms with Gasteiger partial charge in [-0.15, -0.1) is 0 Å². The third-order valence-corrected chi connectivity index (χ3v) is 4.79. The minimum absolute atomic E-state index is 0.527. The van der Waals surface area contributed by atoms with E-state index < -0.39 is 0 Å². The van der Waals surface area contributed by atoms with Gasteiger partial charge in [0.1, 0.15) is 5.82 Å². The van der Waals surface area contributed by atoms with Crippen LogP contribution in [-0.4, -0.2) is 48.1 Å². The van der Waals surface area contributed by atoms with Gasteiger partial charge < -0.3 is 15.1 Å². The van der Waals surface area contributed by atoms with Crippen molar-refractivity contribution in [2.75, 3.05) is 37.4 Å². The summed E-state index contributed by atoms with van der Waals surface area (Å²) in [5, 5.41) is 3.98. The van der Waals surface area contributed by atoms with E-state index in [0.717, 1.165) is 43.1 Å². The average molecular weight is 346 g/mol. The van der Waals surface area contributed by atoms with Gasteiger partial charge >= 0.3 is 0 Å². The maximum atomic E-state index is 5.93. The van der Waals surface area contributed by atoms with Crippen LogP contribution in [0.4, 0.5) is 17.5 Å². The molecular formula is C18H24ClN5. The molecule has 0 unspecified atom stereocenters. The number of aromatic nitrogens is 2. The van der Waals surface area contributed by atoms with Crippen molar-refractivity contribution in [1.82, 2.24) is 14.9 Å². The second-order valence-corrected chi connectivity index (χ2v) is 6.90. The fourth-order valence-corrected chi connectivity index (χ4v) is 3.15. The van der Waals surface area contributed by atoms with E-state index >= 15 is 0 Å². The van der Waals surface area contributed by atoms with Crippen molar-refractivity contribution >= 4 is 29.1 Å². The van der Waals surface area contributed by atoms with Gasteiger partial charge in [0.2, 0.25) is 5.95 Å². The molecule has 0 spiro atoms. The quantitative estimate of drug-likeness (QED) is 0.915. The Hall–Kier alpha value is -1.85. The molecule has 0 atom stereocenters. The Morgan fingerprint density at radius 1 is 1.17 bits per heavy atom. The van der Waals surface area contributed by atoms with Crippen molar-refractivity contribution in [2.24, 2.45) is 0 Å². The number of benzene rings is 1. The molecule has 5 nitrogen and oxygen atoms in total. The number of hydrogen-bond donors (Lipinski definition) is 1. The van der Waals surface area contributed by atoms with Crippen LogP contribution in [0.25, 0.3) is 0 Å². The largest absolute Gasteiger partial charge is 0.356 e. The number of nitrogens with one attached hydrogen (secondary N) is 1. The summed E-state index contributed by atoms with van der Waals surface area (Å²) in [5.74, 6) is 1.58. The highest BCUT2D eigenvalue weighted by atomic mass is 35.5. The van der Waals surface area contributed by atoms with Crippen molar-refractivity contribution in [2.45, 2.75) is 25.8 Å². The van der Waals surface area contributed by atoms with Gasteiger partial charge in [-0.05, 0) is 64.2 Å². The Morgan fingerprint density at radius 2 is 1.83 bits per heavy atom. The summed E-state index contributed by atoms with van der Waals surface area (Å²) in [5.41, 5.74) is 1.88. The molecule has 1 fully saturated rings. The van der Waals surface area contributed by atoms with Gasteiger partial charge in [-0.2, -0.15) is 4.98 Å². The molecule has 0 bridgehead atoms. The second-order valence-electron chi connectivity index (χ2n) is 6.47. The fraction of sp³-hybridized carbons (Fsp3) is 0.444. The van der Waals surface area contributed by atoms with Crippen molar-refractivity contribution in [3.05, 3.63) is 41.0 Å². The highest BCUT2D eigenvalue weighted by Crippen LogP contribution is 2.23. The summed E-state index contributed by atoms with van der Waals surface area (Å²) in [4.78, 5) is 13.9. The molecule has 24 heavy (non-hydrogen) atoms. The summed E-state index contributed by atoms with van der Waals surface area (Å²) >= 11 is 5.93. The van der Waals surface area contributed by atoms with Gasteiger partial charge in [-0.25, -0.2) is 4.98 Å². The van der Waals surface area contributed by atoms with Crippen molar-refractivity contribution in [3.8, 4) is 0 Å². The van der Waals surface area contributed by atoms with Crippen LogP contribution in [-0.2, 0) is 0 Å². The molecule has 0 aliphatic carbocycles. The van der Waals surface area contributed by atoms with Crippen molar-refractivity contribution in [3.63, 3.8) is 0 Å². The molecule has 1 N–H and O–H groups in total. The minimum atomic E-state index is 0.527. The molecule has 0 saturated carbocycles. The first-order chi connectivity index (χ1) is 11.5. The number of nitrogens with zero attached hydrogens (tertiary/aromatic N) is 4. The van der Waals surface area contributed by atoms with Gasteiger partial charge in [-0.1, -0.05) is 11.6 Å². The lowest BCUT2D eigenvalue weighted by Crippen LogP contribution is -2.42. The zero-order chi connectivity index (χ0) is 17.1. The molecule has 1 aliphatic heterocycles. The zero-order valence-corrected chi connectivity index (χ0v) is 15.2. The lowest BCUT2D eigenvalue weighted by Gasteiger charge is -2.35. The maximum Gasteiger partial charge on any atom is 0.229 e. The Kier molecular flexibility index (Phi) is 5.21. The van der Waals surface area contributed by atoms with Crippen LogP contribution in [0.1, 0.15) is 18.5 Å². The van der Waals surface area contributed by atoms with Gasteiger partial charge in [-0.3, -0.25) is 0 Å². The molecule has 128 valence electrons. The highest BCUT2D eigenvalue weighted by Gasteiger charge is 2.22. The summed E-state index contributed by atoms with van der Waals surface area (Å²) < 4.78 is 0. The van der Waals surface area contributed by atoms with Gasteiger partial charge in [0.15, 0.2) is 0 Å². The summed E-state index contributed by atoms with van der Waals surface area (Å²) in [6.45, 7) is 4.27. The number of likely N-dealkylation sites (tertiary alicyclic amines) is 1. The second kappa shape index (κ2) is 7.36. The molecule has 1 aromatic heterocycles. The van der Waals surface area contributed by atoms with Crippen LogP contribution in [0.3, 0.4) is 0 Å². The predicted octanol–water partition coefficient (Wildman–Crippen LogP) is 3.71. The van der Waals surface area contributed by atoms with Gasteiger partial charge in [0.05, 0.1) is 0 Å². The van der Waals surface area contributed by atoms with Crippen LogP contribution in [0.5, 0.6) is 0 Å². The maximum absolute atomic E-state index is 5.93. The summed E-state index contributed by atoms with van der Waals surface area (Å²) in [6, 6.07) is 10.1. The zero-order valence-electron chi connectivity index (χ0n) is 14.5. The van der Waals surface area contributed by atoms with Crippen LogP contribution >= 0.6 is 11.6 Å². The molecule has 2 heterocycles. The SMILES string of the molecule is Cc1cc(N(C)C2CCN(C)CC2)nc(Nc2ccc(Cl)cc2)n1. The van der Waals surface area contributed by atoms with E-state index in [-0.39, 0.29) is 0 Å². The third-order valence-electron chi connectivity index (χ3n) is 4.54. The average Bonchev–Trinajstić information content (AvgIpc) is 2.56. The number of hydrogen-bond acceptors (Lipinski definition) is 5. The number of aryl methyl sites for hydroxylation is 1. The summed E-state index contributed by atoms with van der Waals surface area (Å²) in [6.07, 6.45) is 2.33. The van der Waals surface area contributed by atoms with Crippen LogP contribution in [0, 0.1) is 6.92 Å². The molecule has 6 heteroatoms. The summed E-state index contributed by atoms with van der Waals surface area (Å²) in [7, 11) is 4.31. The van der Waals surface area contributed by atoms with E-state index in [9.17, 15) is 0 Å². The Labute approximate surface area is 148 Å². The van der Waals surface area contributed by atoms with E-state index in [1.807, 2.05) is 37.3 Å². The minimum Gasteiger partial charge on any atom is -0.356 e. The van der Waals surface area contributed by atoms with Crippen molar-refractivity contribution in [1.29, 1.82) is 0 Å². The Morgan fingerprint density at radius 3 is 2.50 bits per heavy atom. The molecule has 0 amide bonds. The molecule has 1 aliphatic rings. The van der Waals surface area contributed by atoms with Gasteiger partial charge in [0.25, 0.3) is 0 Å². The van der Waals surface area contributed by atoms with E-state index in [1.54, 1.807) is 0 Å². The first kappa shape index (κ1) is 17.0. The van der Waals surface area contributed by atoms with E-state index in [2.05, 4.69) is 34.2 Å². The fourth-order valence-electron chi connectivity index (χ4n) is 3.02. The lowest BCUT2D eigenvalue weighted by atomic mass is 10.0. The monoisotopic (exact) mass is 345 g/mol.